The molecule has 0 spiro atoms. The highest BCUT2D eigenvalue weighted by molar-refractivity contribution is 7.07. The lowest BCUT2D eigenvalue weighted by atomic mass is 9.95. The number of nitrogens with zero attached hydrogens (tertiary/aromatic N) is 2. The van der Waals surface area contributed by atoms with Crippen LogP contribution in [0, 0.1) is 0 Å². The SMILES string of the molecule is COC(=O)C1=C(C)N=c2s/c(=C\c3ccc(Cl)c(Cl)c3)c(=O)n2C1c1ccc(OCc2ccccc2)c(OC)c1. The van der Waals surface area contributed by atoms with E-state index < -0.39 is 12.0 Å². The highest BCUT2D eigenvalue weighted by atomic mass is 35.5. The Balaban J connectivity index is 1.62. The van der Waals surface area contributed by atoms with Crippen LogP contribution in [-0.2, 0) is 16.1 Å². The topological polar surface area (TPSA) is 79.1 Å². The van der Waals surface area contributed by atoms with Gasteiger partial charge in [-0.05, 0) is 54.0 Å². The average Bonchev–Trinajstić information content (AvgIpc) is 3.27. The highest BCUT2D eigenvalue weighted by Gasteiger charge is 2.33. The molecular formula is C30H24Cl2N2O5S. The summed E-state index contributed by atoms with van der Waals surface area (Å²) >= 11 is 13.5. The van der Waals surface area contributed by atoms with Crippen molar-refractivity contribution in [2.75, 3.05) is 14.2 Å². The molecule has 0 radical (unpaired) electrons. The van der Waals surface area contributed by atoms with Crippen LogP contribution in [0.3, 0.4) is 0 Å². The predicted molar refractivity (Wildman–Crippen MR) is 156 cm³/mol. The largest absolute Gasteiger partial charge is 0.493 e. The van der Waals surface area contributed by atoms with Gasteiger partial charge in [0.15, 0.2) is 16.3 Å². The number of esters is 1. The molecule has 1 unspecified atom stereocenters. The zero-order valence-corrected chi connectivity index (χ0v) is 24.1. The van der Waals surface area contributed by atoms with Gasteiger partial charge >= 0.3 is 5.97 Å². The van der Waals surface area contributed by atoms with E-state index in [1.807, 2.05) is 36.4 Å². The van der Waals surface area contributed by atoms with E-state index in [-0.39, 0.29) is 11.1 Å². The normalized spacial score (nSPS) is 14.9. The summed E-state index contributed by atoms with van der Waals surface area (Å²) in [6.45, 7) is 2.08. The molecule has 0 fully saturated rings. The summed E-state index contributed by atoms with van der Waals surface area (Å²) in [5.74, 6) is 0.418. The van der Waals surface area contributed by atoms with Crippen molar-refractivity contribution in [1.29, 1.82) is 0 Å². The number of hydrogen-bond donors (Lipinski definition) is 0. The van der Waals surface area contributed by atoms with Crippen LogP contribution in [-0.4, -0.2) is 24.8 Å². The molecule has 0 saturated carbocycles. The molecule has 3 aromatic carbocycles. The van der Waals surface area contributed by atoms with Gasteiger partial charge in [0.25, 0.3) is 5.56 Å². The van der Waals surface area contributed by atoms with E-state index in [2.05, 4.69) is 4.99 Å². The van der Waals surface area contributed by atoms with Crippen LogP contribution in [0.25, 0.3) is 6.08 Å². The second-order valence-electron chi connectivity index (χ2n) is 8.93. The fourth-order valence-corrected chi connectivity index (χ4v) is 5.82. The van der Waals surface area contributed by atoms with E-state index in [0.29, 0.717) is 54.3 Å². The molecule has 0 amide bonds. The number of ether oxygens (including phenoxy) is 3. The van der Waals surface area contributed by atoms with Gasteiger partial charge in [0.05, 0.1) is 46.1 Å². The first-order chi connectivity index (χ1) is 19.3. The zero-order chi connectivity index (χ0) is 28.4. The Morgan fingerprint density at radius 1 is 1.02 bits per heavy atom. The molecule has 1 aliphatic heterocycles. The number of aromatic nitrogens is 1. The first-order valence-electron chi connectivity index (χ1n) is 12.2. The molecule has 0 N–H and O–H groups in total. The minimum Gasteiger partial charge on any atom is -0.493 e. The minimum absolute atomic E-state index is 0.260. The number of rotatable bonds is 7. The summed E-state index contributed by atoms with van der Waals surface area (Å²) in [5.41, 5.74) is 2.77. The summed E-state index contributed by atoms with van der Waals surface area (Å²) in [6.07, 6.45) is 1.72. The Kier molecular flexibility index (Phi) is 8.12. The predicted octanol–water partition coefficient (Wildman–Crippen LogP) is 5.30. The molecule has 1 aliphatic rings. The van der Waals surface area contributed by atoms with Crippen molar-refractivity contribution in [3.8, 4) is 11.5 Å². The maximum absolute atomic E-state index is 13.8. The Bertz CT molecular complexity index is 1810. The number of allylic oxidation sites excluding steroid dienone is 1. The maximum atomic E-state index is 13.8. The van der Waals surface area contributed by atoms with Crippen LogP contribution in [0.15, 0.2) is 87.8 Å². The summed E-state index contributed by atoms with van der Waals surface area (Å²) < 4.78 is 18.7. The van der Waals surface area contributed by atoms with Gasteiger partial charge < -0.3 is 14.2 Å². The van der Waals surface area contributed by atoms with Crippen molar-refractivity contribution >= 4 is 46.6 Å². The van der Waals surface area contributed by atoms with Crippen LogP contribution in [0.1, 0.15) is 29.7 Å². The number of carbonyl (C=O) groups excluding carboxylic acids is 1. The van der Waals surface area contributed by atoms with Gasteiger partial charge in [0.2, 0.25) is 0 Å². The molecule has 204 valence electrons. The van der Waals surface area contributed by atoms with E-state index in [4.69, 9.17) is 37.4 Å². The number of hydrogen-bond acceptors (Lipinski definition) is 7. The van der Waals surface area contributed by atoms with Crippen LogP contribution >= 0.6 is 34.5 Å². The van der Waals surface area contributed by atoms with E-state index in [1.165, 1.54) is 23.0 Å². The van der Waals surface area contributed by atoms with Gasteiger partial charge in [-0.2, -0.15) is 0 Å². The van der Waals surface area contributed by atoms with Crippen molar-refractivity contribution in [3.63, 3.8) is 0 Å². The van der Waals surface area contributed by atoms with Gasteiger partial charge in [0.1, 0.15) is 6.61 Å². The summed E-state index contributed by atoms with van der Waals surface area (Å²) in [4.78, 5) is 31.8. The van der Waals surface area contributed by atoms with Crippen molar-refractivity contribution in [1.82, 2.24) is 4.57 Å². The maximum Gasteiger partial charge on any atom is 0.338 e. The fraction of sp³-hybridized carbons (Fsp3) is 0.167. The molecule has 1 aromatic heterocycles. The van der Waals surface area contributed by atoms with Crippen molar-refractivity contribution in [2.24, 2.45) is 4.99 Å². The Hall–Kier alpha value is -3.85. The van der Waals surface area contributed by atoms with Gasteiger partial charge in [0, 0.05) is 0 Å². The molecule has 40 heavy (non-hydrogen) atoms. The number of benzene rings is 3. The summed E-state index contributed by atoms with van der Waals surface area (Å²) in [5, 5.41) is 0.801. The summed E-state index contributed by atoms with van der Waals surface area (Å²) in [7, 11) is 2.84. The fourth-order valence-electron chi connectivity index (χ4n) is 4.47. The monoisotopic (exact) mass is 594 g/mol. The molecule has 10 heteroatoms. The Morgan fingerprint density at radius 2 is 1.80 bits per heavy atom. The lowest BCUT2D eigenvalue weighted by Crippen LogP contribution is -2.39. The number of fused-ring (bicyclic) bond motifs is 1. The second kappa shape index (κ2) is 11.7. The highest BCUT2D eigenvalue weighted by Crippen LogP contribution is 2.36. The van der Waals surface area contributed by atoms with Crippen molar-refractivity contribution in [2.45, 2.75) is 19.6 Å². The minimum atomic E-state index is -0.795. The smallest absolute Gasteiger partial charge is 0.338 e. The lowest BCUT2D eigenvalue weighted by Gasteiger charge is -2.25. The molecular weight excluding hydrogens is 571 g/mol. The molecule has 4 aromatic rings. The van der Waals surface area contributed by atoms with Gasteiger partial charge in [-0.1, -0.05) is 77.0 Å². The van der Waals surface area contributed by atoms with Gasteiger partial charge in [-0.3, -0.25) is 9.36 Å². The number of thiazole rings is 1. The number of halogens is 2. The van der Waals surface area contributed by atoms with Crippen LogP contribution in [0.2, 0.25) is 10.0 Å². The molecule has 1 atom stereocenters. The van der Waals surface area contributed by atoms with E-state index in [1.54, 1.807) is 50.4 Å². The molecule has 0 saturated heterocycles. The second-order valence-corrected chi connectivity index (χ2v) is 10.8. The van der Waals surface area contributed by atoms with Crippen molar-refractivity contribution < 1.29 is 19.0 Å². The van der Waals surface area contributed by atoms with E-state index in [0.717, 1.165) is 5.56 Å². The standard InChI is InChI=1S/C30H24Cl2N2O5S/c1-17-26(29(36)38-3)27(20-10-12-23(24(15-20)37-2)39-16-18-7-5-4-6-8-18)34-28(35)25(40-30(34)33-17)14-19-9-11-21(31)22(32)13-19/h4-15,27H,16H2,1-3H3/b25-14-. The van der Waals surface area contributed by atoms with E-state index in [9.17, 15) is 9.59 Å². The number of carbonyl (C=O) groups is 1. The average molecular weight is 596 g/mol. The van der Waals surface area contributed by atoms with Crippen LogP contribution in [0.4, 0.5) is 0 Å². The summed E-state index contributed by atoms with van der Waals surface area (Å²) in [6, 6.07) is 19.5. The first kappa shape index (κ1) is 27.7. The lowest BCUT2D eigenvalue weighted by molar-refractivity contribution is -0.136. The van der Waals surface area contributed by atoms with Crippen LogP contribution < -0.4 is 24.4 Å². The molecule has 5 rings (SSSR count). The third kappa shape index (κ3) is 5.43. The van der Waals surface area contributed by atoms with Gasteiger partial charge in [-0.15, -0.1) is 0 Å². The molecule has 0 aliphatic carbocycles. The molecule has 7 nitrogen and oxygen atoms in total. The Labute approximate surface area is 244 Å². The molecule has 0 bridgehead atoms. The van der Waals surface area contributed by atoms with E-state index >= 15 is 0 Å². The first-order valence-corrected chi connectivity index (χ1v) is 13.8. The van der Waals surface area contributed by atoms with Crippen molar-refractivity contribution in [3.05, 3.63) is 124 Å². The van der Waals surface area contributed by atoms with Gasteiger partial charge in [-0.25, -0.2) is 9.79 Å². The Morgan fingerprint density at radius 3 is 2.50 bits per heavy atom. The third-order valence-corrected chi connectivity index (χ3v) is 8.13. The number of methoxy groups -OCH3 is 2. The quantitative estimate of drug-likeness (QED) is 0.271. The zero-order valence-electron chi connectivity index (χ0n) is 21.8. The third-order valence-electron chi connectivity index (χ3n) is 6.41. The molecule has 2 heterocycles. The van der Waals surface area contributed by atoms with Crippen LogP contribution in [0.5, 0.6) is 11.5 Å².